The molecule has 0 saturated carbocycles. The van der Waals surface area contributed by atoms with Crippen molar-refractivity contribution < 1.29 is 0 Å². The highest BCUT2D eigenvalue weighted by Crippen LogP contribution is 2.59. The minimum absolute atomic E-state index is 0.595. The molecule has 0 atom stereocenters. The predicted octanol–water partition coefficient (Wildman–Crippen LogP) is 29.0. The van der Waals surface area contributed by atoms with Crippen LogP contribution >= 0.6 is 0 Å². The maximum Gasteiger partial charge on any atom is 0.164 e. The van der Waals surface area contributed by atoms with Crippen molar-refractivity contribution in [3.63, 3.8) is 0 Å². The van der Waals surface area contributed by atoms with Gasteiger partial charge in [-0.05, 0) is 187 Å². The molecule has 17 aromatic carbocycles. The van der Waals surface area contributed by atoms with E-state index in [0.29, 0.717) is 46.8 Å². The molecule has 0 bridgehead atoms. The zero-order valence-corrected chi connectivity index (χ0v) is 69.7. The van der Waals surface area contributed by atoms with Crippen molar-refractivity contribution in [2.75, 3.05) is 9.80 Å². The summed E-state index contributed by atoms with van der Waals surface area (Å²) in [4.78, 5) is 35.3. The molecule has 124 heavy (non-hydrogen) atoms. The molecule has 8 heteroatoms. The van der Waals surface area contributed by atoms with E-state index in [-0.39, 0.29) is 0 Å². The Morgan fingerprint density at radius 2 is 0.484 bits per heavy atom. The molecule has 0 unspecified atom stereocenters. The van der Waals surface area contributed by atoms with Gasteiger partial charge in [-0.15, -0.1) is 0 Å². The summed E-state index contributed by atoms with van der Waals surface area (Å²) >= 11 is 0. The second-order valence-corrected chi connectivity index (χ2v) is 33.0. The summed E-state index contributed by atoms with van der Waals surface area (Å²) in [6.45, 7) is 9.12. The van der Waals surface area contributed by atoms with Crippen LogP contribution in [0.2, 0.25) is 0 Å². The Balaban J connectivity index is 0.000000157. The molecule has 21 rings (SSSR count). The first-order valence-corrected chi connectivity index (χ1v) is 43.0. The Labute approximate surface area is 726 Å². The van der Waals surface area contributed by atoms with Crippen LogP contribution in [0.25, 0.3) is 101 Å². The van der Waals surface area contributed by atoms with Crippen molar-refractivity contribution in [3.05, 3.63) is 492 Å². The molecule has 0 radical (unpaired) electrons. The van der Waals surface area contributed by atoms with Crippen molar-refractivity contribution in [1.29, 1.82) is 0 Å². The standard InChI is InChI=1S/C60H52N4.C56H38N4/c1-41(2)38-43-26-32-50(33-27-43)64(51-34-28-44(29-35-51)39-42(3)4)52-36-30-48(31-37-52)60(55-24-13-11-22-53(55)54-23-12-14-25-56(54)60)49-21-15-20-47(40-49)59-62-57(45-16-7-5-8-17-45)61-58(63-59)46-18-9-6-10-19-46;1-4-19-40(20-5-1)53-57-54(41-21-6-2-7-22-41)59-55(58-53)42-24-16-25-44(38-42)56(50-31-14-12-29-48(50)49-30-13-15-32-51(49)56)43-34-36-46(37-35-43)60(45-26-8-3-9-27-45)52-33-17-23-39-18-10-11-28-47(39)52/h5-37,40-42H,38-39H2,1-4H3;1-38H. The van der Waals surface area contributed by atoms with Crippen molar-refractivity contribution in [3.8, 4) is 90.6 Å². The predicted molar refractivity (Wildman–Crippen MR) is 511 cm³/mol. The Morgan fingerprint density at radius 1 is 0.218 bits per heavy atom. The second kappa shape index (κ2) is 33.7. The fourth-order valence-corrected chi connectivity index (χ4v) is 18.8. The fourth-order valence-electron chi connectivity index (χ4n) is 18.8. The van der Waals surface area contributed by atoms with Gasteiger partial charge in [-0.2, -0.15) is 0 Å². The SMILES string of the molecule is CC(C)Cc1ccc(N(c2ccc(CC(C)C)cc2)c2ccc(C3(c4cccc(-c5nc(-c6ccccc6)nc(-c6ccccc6)n5)c4)c4ccccc4-c4ccccc43)cc2)cc1.c1ccc(-c2nc(-c3ccccc3)nc(-c3cccc(C4(c5ccc(N(c6ccccc6)c6cccc7ccccc67)cc5)c5ccccc5-c5ccccc54)c3)n2)cc1. The zero-order valence-electron chi connectivity index (χ0n) is 69.7. The first-order valence-electron chi connectivity index (χ1n) is 43.0. The quantitative estimate of drug-likeness (QED) is 0.0746. The lowest BCUT2D eigenvalue weighted by molar-refractivity contribution is 0.647. The van der Waals surface area contributed by atoms with Gasteiger partial charge in [0.25, 0.3) is 0 Å². The van der Waals surface area contributed by atoms with E-state index in [1.807, 2.05) is 72.8 Å². The fraction of sp³-hybridized carbons (Fsp3) is 0.0862. The van der Waals surface area contributed by atoms with Gasteiger partial charge in [0.05, 0.1) is 16.5 Å². The highest BCUT2D eigenvalue weighted by molar-refractivity contribution is 5.99. The van der Waals surface area contributed by atoms with Crippen LogP contribution in [0, 0.1) is 11.8 Å². The average molecular weight is 1600 g/mol. The van der Waals surface area contributed by atoms with E-state index in [1.165, 1.54) is 77.5 Å². The lowest BCUT2D eigenvalue weighted by Crippen LogP contribution is -2.28. The molecule has 8 nitrogen and oxygen atoms in total. The third-order valence-corrected chi connectivity index (χ3v) is 24.2. The summed E-state index contributed by atoms with van der Waals surface area (Å²) in [5.41, 5.74) is 28.4. The first-order chi connectivity index (χ1) is 61.1. The van der Waals surface area contributed by atoms with Crippen molar-refractivity contribution >= 4 is 44.9 Å². The minimum Gasteiger partial charge on any atom is -0.311 e. The van der Waals surface area contributed by atoms with Crippen LogP contribution < -0.4 is 9.80 Å². The molecule has 0 aliphatic heterocycles. The van der Waals surface area contributed by atoms with Crippen LogP contribution in [-0.4, -0.2) is 29.9 Å². The smallest absolute Gasteiger partial charge is 0.164 e. The number of anilines is 6. The molecular weight excluding hydrogens is 1510 g/mol. The molecule has 2 aliphatic carbocycles. The van der Waals surface area contributed by atoms with Crippen LogP contribution in [-0.2, 0) is 23.7 Å². The van der Waals surface area contributed by atoms with E-state index in [1.54, 1.807) is 0 Å². The molecule has 2 aliphatic rings. The monoisotopic (exact) mass is 1590 g/mol. The third kappa shape index (κ3) is 14.6. The highest BCUT2D eigenvalue weighted by atomic mass is 15.1. The molecule has 2 aromatic heterocycles. The Hall–Kier alpha value is -15.4. The molecular formula is C116H90N8. The first kappa shape index (κ1) is 77.2. The number of aromatic nitrogens is 6. The van der Waals surface area contributed by atoms with Gasteiger partial charge in [0, 0.05) is 67.2 Å². The molecule has 0 N–H and O–H groups in total. The maximum atomic E-state index is 5.15. The topological polar surface area (TPSA) is 83.8 Å². The lowest BCUT2D eigenvalue weighted by atomic mass is 9.67. The van der Waals surface area contributed by atoms with E-state index >= 15 is 0 Å². The van der Waals surface area contributed by atoms with E-state index in [2.05, 4.69) is 401 Å². The molecule has 2 heterocycles. The number of para-hydroxylation sites is 1. The van der Waals surface area contributed by atoms with E-state index < -0.39 is 10.8 Å². The molecule has 0 saturated heterocycles. The lowest BCUT2D eigenvalue weighted by Gasteiger charge is -2.35. The summed E-state index contributed by atoms with van der Waals surface area (Å²) in [5, 5.41) is 2.40. The Morgan fingerprint density at radius 3 is 0.839 bits per heavy atom. The van der Waals surface area contributed by atoms with Gasteiger partial charge in [0.15, 0.2) is 34.9 Å². The summed E-state index contributed by atoms with van der Waals surface area (Å²) in [6, 6.07) is 156. The van der Waals surface area contributed by atoms with Crippen molar-refractivity contribution in [2.45, 2.75) is 51.4 Å². The van der Waals surface area contributed by atoms with Gasteiger partial charge < -0.3 is 9.80 Å². The van der Waals surface area contributed by atoms with Crippen molar-refractivity contribution in [1.82, 2.24) is 29.9 Å². The normalized spacial score (nSPS) is 12.5. The molecule has 0 amide bonds. The van der Waals surface area contributed by atoms with Gasteiger partial charge in [-0.25, -0.2) is 29.9 Å². The number of hydrogen-bond acceptors (Lipinski definition) is 8. The zero-order chi connectivity index (χ0) is 83.5. The number of nitrogens with zero attached hydrogens (tertiary/aromatic N) is 8. The third-order valence-electron chi connectivity index (χ3n) is 24.2. The number of fused-ring (bicyclic) bond motifs is 7. The number of benzene rings is 17. The summed E-state index contributed by atoms with van der Waals surface area (Å²) in [6.07, 6.45) is 2.11. The molecule has 0 fully saturated rings. The van der Waals surface area contributed by atoms with Gasteiger partial charge in [0.2, 0.25) is 0 Å². The van der Waals surface area contributed by atoms with Gasteiger partial charge >= 0.3 is 0 Å². The maximum absolute atomic E-state index is 5.15. The summed E-state index contributed by atoms with van der Waals surface area (Å²) in [5.74, 6) is 5.02. The molecule has 0 spiro atoms. The van der Waals surface area contributed by atoms with Gasteiger partial charge in [-0.3, -0.25) is 0 Å². The van der Waals surface area contributed by atoms with E-state index in [4.69, 9.17) is 29.9 Å². The Bertz CT molecular complexity index is 6760. The number of hydrogen-bond donors (Lipinski definition) is 0. The van der Waals surface area contributed by atoms with Crippen LogP contribution in [0.1, 0.15) is 83.3 Å². The van der Waals surface area contributed by atoms with Gasteiger partial charge in [0.1, 0.15) is 0 Å². The van der Waals surface area contributed by atoms with Crippen LogP contribution in [0.5, 0.6) is 0 Å². The molecule has 594 valence electrons. The second-order valence-electron chi connectivity index (χ2n) is 33.0. The van der Waals surface area contributed by atoms with Crippen LogP contribution in [0.3, 0.4) is 0 Å². The van der Waals surface area contributed by atoms with E-state index in [9.17, 15) is 0 Å². The Kier molecular flexibility index (Phi) is 21.0. The van der Waals surface area contributed by atoms with E-state index in [0.717, 1.165) is 91.5 Å². The average Bonchev–Trinajstić information content (AvgIpc) is 1.54. The van der Waals surface area contributed by atoms with Gasteiger partial charge in [-0.1, -0.05) is 386 Å². The molecule has 19 aromatic rings. The summed E-state index contributed by atoms with van der Waals surface area (Å²) < 4.78 is 0. The van der Waals surface area contributed by atoms with Crippen molar-refractivity contribution in [2.24, 2.45) is 11.8 Å². The van der Waals surface area contributed by atoms with Crippen LogP contribution in [0.15, 0.2) is 437 Å². The number of rotatable bonds is 20. The summed E-state index contributed by atoms with van der Waals surface area (Å²) in [7, 11) is 0. The van der Waals surface area contributed by atoms with Crippen LogP contribution in [0.4, 0.5) is 34.1 Å². The highest BCUT2D eigenvalue weighted by Gasteiger charge is 2.48. The largest absolute Gasteiger partial charge is 0.311 e. The minimum atomic E-state index is -0.629.